The number of hydrogen-bond acceptors (Lipinski definition) is 4. The minimum Gasteiger partial charge on any atom is -0.486 e. The quantitative estimate of drug-likeness (QED) is 0.882. The summed E-state index contributed by atoms with van der Waals surface area (Å²) in [6.07, 6.45) is 6.03. The molecule has 3 unspecified atom stereocenters. The number of ether oxygens (including phenoxy) is 2. The molecule has 0 aromatic heterocycles. The first-order valence-electron chi connectivity index (χ1n) is 10.2. The Morgan fingerprint density at radius 2 is 1.96 bits per heavy atom. The molecule has 2 heterocycles. The third kappa shape index (κ3) is 3.75. The number of fused-ring (bicyclic) bond motifs is 1. The first-order valence-corrected chi connectivity index (χ1v) is 10.2. The number of benzene rings is 1. The molecule has 1 N–H and O–H groups in total. The fourth-order valence-electron chi connectivity index (χ4n) is 4.52. The molecule has 6 heteroatoms. The first-order chi connectivity index (χ1) is 13.2. The first kappa shape index (κ1) is 18.1. The van der Waals surface area contributed by atoms with Gasteiger partial charge in [-0.1, -0.05) is 26.2 Å². The van der Waals surface area contributed by atoms with Crippen LogP contribution in [0, 0.1) is 11.8 Å². The number of nitrogens with one attached hydrogen (secondary N) is 1. The van der Waals surface area contributed by atoms with Crippen LogP contribution in [-0.4, -0.2) is 37.6 Å². The number of anilines is 1. The van der Waals surface area contributed by atoms with Crippen LogP contribution in [0.3, 0.4) is 0 Å². The minimum atomic E-state index is -0.287. The Labute approximate surface area is 160 Å². The molecule has 6 nitrogen and oxygen atoms in total. The maximum Gasteiger partial charge on any atom is 0.227 e. The summed E-state index contributed by atoms with van der Waals surface area (Å²) < 4.78 is 11.2. The van der Waals surface area contributed by atoms with Gasteiger partial charge < -0.3 is 19.7 Å². The van der Waals surface area contributed by atoms with E-state index in [0.29, 0.717) is 37.2 Å². The summed E-state index contributed by atoms with van der Waals surface area (Å²) in [6, 6.07) is 5.79. The van der Waals surface area contributed by atoms with Crippen molar-refractivity contribution >= 4 is 17.5 Å². The molecule has 4 rings (SSSR count). The molecule has 0 bridgehead atoms. The van der Waals surface area contributed by atoms with Gasteiger partial charge in [0.15, 0.2) is 11.5 Å². The maximum atomic E-state index is 12.8. The molecular formula is C21H28N2O4. The molecule has 1 saturated heterocycles. The van der Waals surface area contributed by atoms with E-state index in [9.17, 15) is 9.59 Å². The number of nitrogens with zero attached hydrogens (tertiary/aromatic N) is 1. The van der Waals surface area contributed by atoms with Gasteiger partial charge in [0.25, 0.3) is 0 Å². The molecule has 0 radical (unpaired) electrons. The van der Waals surface area contributed by atoms with Gasteiger partial charge in [0, 0.05) is 30.8 Å². The summed E-state index contributed by atoms with van der Waals surface area (Å²) in [7, 11) is 0. The van der Waals surface area contributed by atoms with E-state index in [4.69, 9.17) is 9.47 Å². The predicted molar refractivity (Wildman–Crippen MR) is 102 cm³/mol. The van der Waals surface area contributed by atoms with Crippen LogP contribution in [0.25, 0.3) is 0 Å². The number of rotatable bonds is 4. The van der Waals surface area contributed by atoms with E-state index < -0.39 is 0 Å². The van der Waals surface area contributed by atoms with Crippen molar-refractivity contribution in [2.24, 2.45) is 11.8 Å². The van der Waals surface area contributed by atoms with Crippen molar-refractivity contribution in [1.82, 2.24) is 5.32 Å². The summed E-state index contributed by atoms with van der Waals surface area (Å²) in [4.78, 5) is 27.0. The third-order valence-electron chi connectivity index (χ3n) is 6.09. The van der Waals surface area contributed by atoms with E-state index in [1.54, 1.807) is 4.90 Å². The van der Waals surface area contributed by atoms with Gasteiger partial charge in [-0.15, -0.1) is 0 Å². The lowest BCUT2D eigenvalue weighted by Gasteiger charge is -2.32. The topological polar surface area (TPSA) is 67.9 Å². The van der Waals surface area contributed by atoms with Crippen LogP contribution in [0.5, 0.6) is 11.5 Å². The van der Waals surface area contributed by atoms with Gasteiger partial charge >= 0.3 is 0 Å². The zero-order chi connectivity index (χ0) is 18.8. The van der Waals surface area contributed by atoms with Gasteiger partial charge in [-0.3, -0.25) is 9.59 Å². The molecule has 2 fully saturated rings. The van der Waals surface area contributed by atoms with Crippen molar-refractivity contribution < 1.29 is 19.1 Å². The maximum absolute atomic E-state index is 12.8. The Bertz CT molecular complexity index is 720. The van der Waals surface area contributed by atoms with Gasteiger partial charge in [-0.2, -0.15) is 0 Å². The average molecular weight is 372 g/mol. The number of hydrogen-bond donors (Lipinski definition) is 1. The average Bonchev–Trinajstić information content (AvgIpc) is 3.10. The molecule has 1 saturated carbocycles. The Morgan fingerprint density at radius 3 is 2.78 bits per heavy atom. The van der Waals surface area contributed by atoms with Gasteiger partial charge in [0.05, 0.1) is 5.92 Å². The second kappa shape index (κ2) is 7.79. The fraction of sp³-hybridized carbons (Fsp3) is 0.619. The van der Waals surface area contributed by atoms with Crippen LogP contribution in [0.2, 0.25) is 0 Å². The van der Waals surface area contributed by atoms with Crippen LogP contribution in [-0.2, 0) is 9.59 Å². The van der Waals surface area contributed by atoms with Crippen LogP contribution >= 0.6 is 0 Å². The monoisotopic (exact) mass is 372 g/mol. The van der Waals surface area contributed by atoms with Crippen molar-refractivity contribution in [3.8, 4) is 11.5 Å². The Kier molecular flexibility index (Phi) is 5.23. The fourth-order valence-corrected chi connectivity index (χ4v) is 4.52. The van der Waals surface area contributed by atoms with Crippen molar-refractivity contribution in [1.29, 1.82) is 0 Å². The highest BCUT2D eigenvalue weighted by Gasteiger charge is 2.37. The molecule has 146 valence electrons. The van der Waals surface area contributed by atoms with Crippen LogP contribution in [0.1, 0.15) is 45.4 Å². The van der Waals surface area contributed by atoms with E-state index in [1.807, 2.05) is 18.2 Å². The smallest absolute Gasteiger partial charge is 0.227 e. The summed E-state index contributed by atoms with van der Waals surface area (Å²) >= 11 is 0. The molecule has 2 amide bonds. The lowest BCUT2D eigenvalue weighted by atomic mass is 9.82. The van der Waals surface area contributed by atoms with E-state index >= 15 is 0 Å². The molecule has 1 aromatic rings. The molecular weight excluding hydrogens is 344 g/mol. The molecule has 1 aromatic carbocycles. The SMILES string of the molecule is CCC1CCCCC1NC(=O)C1CC(=O)N(c2ccc3c(c2)OCCO3)C1. The van der Waals surface area contributed by atoms with E-state index in [2.05, 4.69) is 12.2 Å². The minimum absolute atomic E-state index is 0.0116. The summed E-state index contributed by atoms with van der Waals surface area (Å²) in [5.41, 5.74) is 0.767. The molecule has 2 aliphatic heterocycles. The normalized spacial score (nSPS) is 27.5. The number of amides is 2. The van der Waals surface area contributed by atoms with Crippen molar-refractivity contribution in [3.05, 3.63) is 18.2 Å². The Morgan fingerprint density at radius 1 is 1.19 bits per heavy atom. The second-order valence-electron chi connectivity index (χ2n) is 7.80. The molecule has 27 heavy (non-hydrogen) atoms. The standard InChI is InChI=1S/C21H28N2O4/c1-2-14-5-3-4-6-17(14)22-21(25)15-11-20(24)23(13-15)16-7-8-18-19(12-16)27-10-9-26-18/h7-8,12,14-15,17H,2-6,9-11,13H2,1H3,(H,22,25). The molecule has 3 aliphatic rings. The van der Waals surface area contributed by atoms with Crippen molar-refractivity contribution in [3.63, 3.8) is 0 Å². The number of carbonyl (C=O) groups is 2. The van der Waals surface area contributed by atoms with Gasteiger partial charge in [0.2, 0.25) is 11.8 Å². The van der Waals surface area contributed by atoms with Crippen LogP contribution < -0.4 is 19.7 Å². The van der Waals surface area contributed by atoms with Gasteiger partial charge in [-0.05, 0) is 30.9 Å². The predicted octanol–water partition coefficient (Wildman–Crippen LogP) is 2.90. The highest BCUT2D eigenvalue weighted by Crippen LogP contribution is 2.36. The Balaban J connectivity index is 1.42. The highest BCUT2D eigenvalue weighted by molar-refractivity contribution is 6.00. The lowest BCUT2D eigenvalue weighted by Crippen LogP contribution is -2.45. The largest absolute Gasteiger partial charge is 0.486 e. The molecule has 1 aliphatic carbocycles. The molecule has 0 spiro atoms. The van der Waals surface area contributed by atoms with Crippen LogP contribution in [0.4, 0.5) is 5.69 Å². The Hall–Kier alpha value is -2.24. The van der Waals surface area contributed by atoms with E-state index in [0.717, 1.165) is 18.5 Å². The van der Waals surface area contributed by atoms with Crippen molar-refractivity contribution in [2.75, 3.05) is 24.7 Å². The number of carbonyl (C=O) groups excluding carboxylic acids is 2. The van der Waals surface area contributed by atoms with Gasteiger partial charge in [-0.25, -0.2) is 0 Å². The summed E-state index contributed by atoms with van der Waals surface area (Å²) in [6.45, 7) is 3.66. The van der Waals surface area contributed by atoms with E-state index in [1.165, 1.54) is 19.3 Å². The third-order valence-corrected chi connectivity index (χ3v) is 6.09. The zero-order valence-corrected chi connectivity index (χ0v) is 15.9. The van der Waals surface area contributed by atoms with E-state index in [-0.39, 0.29) is 30.2 Å². The van der Waals surface area contributed by atoms with Gasteiger partial charge in [0.1, 0.15) is 13.2 Å². The summed E-state index contributed by atoms with van der Waals surface area (Å²) in [5.74, 6) is 1.65. The molecule has 3 atom stereocenters. The zero-order valence-electron chi connectivity index (χ0n) is 15.9. The summed E-state index contributed by atoms with van der Waals surface area (Å²) in [5, 5.41) is 3.24. The van der Waals surface area contributed by atoms with Crippen LogP contribution in [0.15, 0.2) is 18.2 Å². The highest BCUT2D eigenvalue weighted by atomic mass is 16.6. The second-order valence-corrected chi connectivity index (χ2v) is 7.80. The lowest BCUT2D eigenvalue weighted by molar-refractivity contribution is -0.127. The van der Waals surface area contributed by atoms with Crippen molar-refractivity contribution in [2.45, 2.75) is 51.5 Å².